The fraction of sp³-hybridized carbons (Fsp3) is 0.400. The number of rotatable bonds is 4. The molecule has 2 unspecified atom stereocenters. The Morgan fingerprint density at radius 2 is 1.87 bits per heavy atom. The van der Waals surface area contributed by atoms with E-state index in [1.54, 1.807) is 18.2 Å². The first-order valence-electron chi connectivity index (χ1n) is 4.46. The van der Waals surface area contributed by atoms with Gasteiger partial charge in [0.25, 0.3) is 0 Å². The molecule has 15 heavy (non-hydrogen) atoms. The Labute approximate surface area is 95.9 Å². The van der Waals surface area contributed by atoms with E-state index in [-0.39, 0.29) is 6.61 Å². The highest BCUT2D eigenvalue weighted by Crippen LogP contribution is 2.23. The maximum absolute atomic E-state index is 9.59. The Hall–Kier alpha value is -0.460. The highest BCUT2D eigenvalue weighted by atomic mass is 79.9. The summed E-state index contributed by atoms with van der Waals surface area (Å²) in [6.07, 6.45) is -2.36. The van der Waals surface area contributed by atoms with Gasteiger partial charge in [-0.05, 0) is 23.3 Å². The Morgan fingerprint density at radius 3 is 2.40 bits per heavy atom. The van der Waals surface area contributed by atoms with Gasteiger partial charge in [-0.3, -0.25) is 0 Å². The average molecular weight is 277 g/mol. The first-order chi connectivity index (χ1) is 7.10. The SMILES string of the molecule is OCc1cc(C(O)C(O)CO)ccc1Br. The molecule has 0 bridgehead atoms. The zero-order valence-electron chi connectivity index (χ0n) is 7.97. The smallest absolute Gasteiger partial charge is 0.107 e. The zero-order chi connectivity index (χ0) is 11.4. The molecule has 0 aromatic heterocycles. The standard InChI is InChI=1S/C10H13BrO4/c11-8-2-1-6(3-7(8)4-12)10(15)9(14)5-13/h1-3,9-10,12-15H,4-5H2. The highest BCUT2D eigenvalue weighted by Gasteiger charge is 2.17. The van der Waals surface area contributed by atoms with Crippen molar-refractivity contribution in [2.45, 2.75) is 18.8 Å². The molecule has 0 amide bonds. The van der Waals surface area contributed by atoms with E-state index in [4.69, 9.17) is 10.2 Å². The van der Waals surface area contributed by atoms with Gasteiger partial charge in [-0.1, -0.05) is 22.0 Å². The lowest BCUT2D eigenvalue weighted by Crippen LogP contribution is -2.22. The van der Waals surface area contributed by atoms with E-state index >= 15 is 0 Å². The van der Waals surface area contributed by atoms with Crippen molar-refractivity contribution in [3.8, 4) is 0 Å². The van der Waals surface area contributed by atoms with Crippen LogP contribution in [0.2, 0.25) is 0 Å². The molecule has 1 rings (SSSR count). The number of aliphatic hydroxyl groups is 4. The second-order valence-electron chi connectivity index (χ2n) is 3.20. The minimum absolute atomic E-state index is 0.156. The van der Waals surface area contributed by atoms with Gasteiger partial charge in [-0.15, -0.1) is 0 Å². The highest BCUT2D eigenvalue weighted by molar-refractivity contribution is 9.10. The lowest BCUT2D eigenvalue weighted by molar-refractivity contribution is -0.0153. The van der Waals surface area contributed by atoms with Crippen LogP contribution in [-0.2, 0) is 6.61 Å². The molecule has 4 nitrogen and oxygen atoms in total. The third-order valence-electron chi connectivity index (χ3n) is 2.13. The largest absolute Gasteiger partial charge is 0.394 e. The van der Waals surface area contributed by atoms with Gasteiger partial charge in [0.05, 0.1) is 13.2 Å². The van der Waals surface area contributed by atoms with Crippen molar-refractivity contribution in [3.05, 3.63) is 33.8 Å². The maximum Gasteiger partial charge on any atom is 0.107 e. The second kappa shape index (κ2) is 5.58. The van der Waals surface area contributed by atoms with Crippen LogP contribution in [0.5, 0.6) is 0 Å². The summed E-state index contributed by atoms with van der Waals surface area (Å²) in [6, 6.07) is 4.87. The van der Waals surface area contributed by atoms with E-state index < -0.39 is 18.8 Å². The van der Waals surface area contributed by atoms with Crippen molar-refractivity contribution >= 4 is 15.9 Å². The predicted molar refractivity (Wildman–Crippen MR) is 58.1 cm³/mol. The van der Waals surface area contributed by atoms with Crippen molar-refractivity contribution in [1.82, 2.24) is 0 Å². The molecular weight excluding hydrogens is 264 g/mol. The molecule has 0 saturated carbocycles. The first kappa shape index (κ1) is 12.6. The fourth-order valence-corrected chi connectivity index (χ4v) is 1.59. The molecule has 1 aromatic rings. The molecule has 0 aliphatic heterocycles. The van der Waals surface area contributed by atoms with Crippen molar-refractivity contribution in [1.29, 1.82) is 0 Å². The summed E-state index contributed by atoms with van der Waals surface area (Å²) in [5.74, 6) is 0. The molecule has 4 N–H and O–H groups in total. The summed E-state index contributed by atoms with van der Waals surface area (Å²) in [5, 5.41) is 36.5. The third-order valence-corrected chi connectivity index (χ3v) is 2.91. The lowest BCUT2D eigenvalue weighted by atomic mass is 10.0. The van der Waals surface area contributed by atoms with E-state index in [0.717, 1.165) is 4.47 Å². The average Bonchev–Trinajstić information content (AvgIpc) is 2.27. The zero-order valence-corrected chi connectivity index (χ0v) is 9.55. The van der Waals surface area contributed by atoms with Crippen LogP contribution in [0, 0.1) is 0 Å². The molecule has 0 saturated heterocycles. The van der Waals surface area contributed by atoms with Gasteiger partial charge in [-0.2, -0.15) is 0 Å². The van der Waals surface area contributed by atoms with Gasteiger partial charge in [0.1, 0.15) is 12.2 Å². The summed E-state index contributed by atoms with van der Waals surface area (Å²) in [5.41, 5.74) is 1.08. The molecule has 0 aliphatic rings. The minimum Gasteiger partial charge on any atom is -0.394 e. The van der Waals surface area contributed by atoms with Gasteiger partial charge in [0.15, 0.2) is 0 Å². The van der Waals surface area contributed by atoms with E-state index in [1.807, 2.05) is 0 Å². The Kier molecular flexibility index (Phi) is 4.69. The Morgan fingerprint density at radius 1 is 1.20 bits per heavy atom. The van der Waals surface area contributed by atoms with Gasteiger partial charge in [-0.25, -0.2) is 0 Å². The quantitative estimate of drug-likeness (QED) is 0.639. The normalized spacial score (nSPS) is 15.0. The van der Waals surface area contributed by atoms with Gasteiger partial charge in [0, 0.05) is 4.47 Å². The molecule has 1 aromatic carbocycles. The Balaban J connectivity index is 2.95. The molecule has 0 aliphatic carbocycles. The van der Waals surface area contributed by atoms with Crippen LogP contribution in [0.15, 0.2) is 22.7 Å². The summed E-state index contributed by atoms with van der Waals surface area (Å²) in [4.78, 5) is 0. The number of halogens is 1. The van der Waals surface area contributed by atoms with Gasteiger partial charge >= 0.3 is 0 Å². The number of hydrogen-bond acceptors (Lipinski definition) is 4. The third kappa shape index (κ3) is 2.99. The number of aliphatic hydroxyl groups excluding tert-OH is 4. The molecule has 0 heterocycles. The van der Waals surface area contributed by atoms with E-state index in [0.29, 0.717) is 11.1 Å². The summed E-state index contributed by atoms with van der Waals surface area (Å²) >= 11 is 3.24. The fourth-order valence-electron chi connectivity index (χ4n) is 1.22. The van der Waals surface area contributed by atoms with E-state index in [1.165, 1.54) is 0 Å². The van der Waals surface area contributed by atoms with Crippen LogP contribution in [0.1, 0.15) is 17.2 Å². The van der Waals surface area contributed by atoms with Crippen LogP contribution in [-0.4, -0.2) is 33.1 Å². The van der Waals surface area contributed by atoms with E-state index in [2.05, 4.69) is 15.9 Å². The van der Waals surface area contributed by atoms with Crippen LogP contribution >= 0.6 is 15.9 Å². The number of hydrogen-bond donors (Lipinski definition) is 4. The molecule has 0 radical (unpaired) electrons. The monoisotopic (exact) mass is 276 g/mol. The van der Waals surface area contributed by atoms with Crippen LogP contribution in [0.4, 0.5) is 0 Å². The maximum atomic E-state index is 9.59. The molecule has 5 heteroatoms. The summed E-state index contributed by atoms with van der Waals surface area (Å²) < 4.78 is 0.736. The van der Waals surface area contributed by atoms with Crippen LogP contribution in [0.3, 0.4) is 0 Å². The van der Waals surface area contributed by atoms with Crippen molar-refractivity contribution < 1.29 is 20.4 Å². The number of benzene rings is 1. The summed E-state index contributed by atoms with van der Waals surface area (Å²) in [6.45, 7) is -0.665. The van der Waals surface area contributed by atoms with Crippen molar-refractivity contribution in [2.24, 2.45) is 0 Å². The van der Waals surface area contributed by atoms with Crippen molar-refractivity contribution in [2.75, 3.05) is 6.61 Å². The predicted octanol–water partition coefficient (Wildman–Crippen LogP) is 0.328. The molecule has 0 spiro atoms. The minimum atomic E-state index is -1.21. The van der Waals surface area contributed by atoms with E-state index in [9.17, 15) is 10.2 Å². The van der Waals surface area contributed by atoms with Crippen LogP contribution < -0.4 is 0 Å². The van der Waals surface area contributed by atoms with Crippen LogP contribution in [0.25, 0.3) is 0 Å². The van der Waals surface area contributed by atoms with Crippen molar-refractivity contribution in [3.63, 3.8) is 0 Å². The second-order valence-corrected chi connectivity index (χ2v) is 4.06. The molecule has 0 fully saturated rings. The Bertz CT molecular complexity index is 329. The molecule has 2 atom stereocenters. The van der Waals surface area contributed by atoms with Gasteiger partial charge in [0.2, 0.25) is 0 Å². The molecular formula is C10H13BrO4. The van der Waals surface area contributed by atoms with Gasteiger partial charge < -0.3 is 20.4 Å². The first-order valence-corrected chi connectivity index (χ1v) is 5.25. The summed E-state index contributed by atoms with van der Waals surface area (Å²) in [7, 11) is 0. The topological polar surface area (TPSA) is 80.9 Å². The molecule has 84 valence electrons. The lowest BCUT2D eigenvalue weighted by Gasteiger charge is -2.16.